The minimum Gasteiger partial charge on any atom is -0.330 e. The van der Waals surface area contributed by atoms with Crippen LogP contribution in [0.25, 0.3) is 0 Å². The van der Waals surface area contributed by atoms with Crippen LogP contribution in [0.1, 0.15) is 55.8 Å². The van der Waals surface area contributed by atoms with Gasteiger partial charge in [0.1, 0.15) is 5.82 Å². The summed E-state index contributed by atoms with van der Waals surface area (Å²) in [5.41, 5.74) is 3.72. The Kier molecular flexibility index (Phi) is 5.44. The maximum atomic E-state index is 13.1. The minimum absolute atomic E-state index is 0.00719. The summed E-state index contributed by atoms with van der Waals surface area (Å²) in [7, 11) is 4.31. The first-order valence-electron chi connectivity index (χ1n) is 12.7. The third-order valence-corrected chi connectivity index (χ3v) is 8.61. The number of urea groups is 1. The summed E-state index contributed by atoms with van der Waals surface area (Å²) >= 11 is 0. The molecule has 36 heavy (non-hydrogen) atoms. The number of carbonyl (C=O) groups is 2. The maximum absolute atomic E-state index is 13.1. The molecule has 186 valence electrons. The highest BCUT2D eigenvalue weighted by Crippen LogP contribution is 2.46. The maximum Gasteiger partial charge on any atom is 0.322 e. The molecule has 1 saturated carbocycles. The van der Waals surface area contributed by atoms with Crippen molar-refractivity contribution < 1.29 is 9.59 Å². The van der Waals surface area contributed by atoms with E-state index in [0.717, 1.165) is 43.4 Å². The van der Waals surface area contributed by atoms with Gasteiger partial charge >= 0.3 is 6.03 Å². The second-order valence-corrected chi connectivity index (χ2v) is 10.7. The third kappa shape index (κ3) is 3.71. The zero-order chi connectivity index (χ0) is 24.9. The quantitative estimate of drug-likeness (QED) is 0.692. The summed E-state index contributed by atoms with van der Waals surface area (Å²) in [5, 5.41) is 6.22. The zero-order valence-electron chi connectivity index (χ0n) is 20.8. The molecule has 1 aromatic heterocycles. The summed E-state index contributed by atoms with van der Waals surface area (Å²) in [4.78, 5) is 38.3. The van der Waals surface area contributed by atoms with Gasteiger partial charge < -0.3 is 10.6 Å². The number of nitrogens with zero attached hydrogens (tertiary/aromatic N) is 4. The summed E-state index contributed by atoms with van der Waals surface area (Å²) in [6, 6.07) is 10.6. The smallest absolute Gasteiger partial charge is 0.322 e. The largest absolute Gasteiger partial charge is 0.330 e. The SMILES string of the molecule is CN(C)C1(c2ccccc2)CCC2(CC1)CN(c1cnc(C3CC=CC4=C3CC(=O)N4)nc1)C(=O)N2. The highest BCUT2D eigenvalue weighted by molar-refractivity contribution is 5.95. The second kappa shape index (κ2) is 8.55. The van der Waals surface area contributed by atoms with Gasteiger partial charge in [0, 0.05) is 17.2 Å². The van der Waals surface area contributed by atoms with E-state index in [1.807, 2.05) is 6.08 Å². The summed E-state index contributed by atoms with van der Waals surface area (Å²) in [6.45, 7) is 0.618. The number of benzene rings is 1. The first-order chi connectivity index (χ1) is 17.4. The number of nitrogens with one attached hydrogen (secondary N) is 2. The van der Waals surface area contributed by atoms with Crippen LogP contribution in [0.5, 0.6) is 0 Å². The van der Waals surface area contributed by atoms with Crippen molar-refractivity contribution in [1.82, 2.24) is 25.5 Å². The Hall–Kier alpha value is -3.52. The van der Waals surface area contributed by atoms with Gasteiger partial charge in [-0.2, -0.15) is 0 Å². The van der Waals surface area contributed by atoms with Crippen LogP contribution in [0.3, 0.4) is 0 Å². The van der Waals surface area contributed by atoms with Gasteiger partial charge in [-0.05, 0) is 63.4 Å². The fraction of sp³-hybridized carbons (Fsp3) is 0.429. The van der Waals surface area contributed by atoms with Crippen molar-refractivity contribution in [3.05, 3.63) is 77.5 Å². The van der Waals surface area contributed by atoms with Crippen molar-refractivity contribution in [1.29, 1.82) is 0 Å². The van der Waals surface area contributed by atoms with Crippen molar-refractivity contribution in [3.63, 3.8) is 0 Å². The van der Waals surface area contributed by atoms with Crippen LogP contribution < -0.4 is 15.5 Å². The summed E-state index contributed by atoms with van der Waals surface area (Å²) in [5.74, 6) is 0.704. The average molecular weight is 485 g/mol. The Morgan fingerprint density at radius 2 is 1.75 bits per heavy atom. The molecular weight excluding hydrogens is 452 g/mol. The standard InChI is InChI=1S/C28H32N6O2/c1-33(2)28(19-7-4-3-5-8-19)13-11-27(12-14-28)18-34(26(36)32-27)20-16-29-25(30-17-20)21-9-6-10-23-22(21)15-24(35)31-23/h3-8,10,16-17,21H,9,11-15,18H2,1-2H3,(H,31,35)(H,32,36). The van der Waals surface area contributed by atoms with E-state index < -0.39 is 0 Å². The van der Waals surface area contributed by atoms with E-state index in [4.69, 9.17) is 0 Å². The van der Waals surface area contributed by atoms with E-state index in [0.29, 0.717) is 24.5 Å². The van der Waals surface area contributed by atoms with Crippen LogP contribution in [-0.4, -0.2) is 53.0 Å². The van der Waals surface area contributed by atoms with Crippen LogP contribution in [-0.2, 0) is 10.3 Å². The van der Waals surface area contributed by atoms with E-state index in [2.05, 4.69) is 76.0 Å². The van der Waals surface area contributed by atoms with Gasteiger partial charge in [0.05, 0.1) is 36.6 Å². The Labute approximate surface area is 211 Å². The van der Waals surface area contributed by atoms with Gasteiger partial charge in [-0.3, -0.25) is 14.6 Å². The van der Waals surface area contributed by atoms with Crippen molar-refractivity contribution in [2.45, 2.75) is 55.5 Å². The molecule has 3 heterocycles. The lowest BCUT2D eigenvalue weighted by molar-refractivity contribution is -0.118. The highest BCUT2D eigenvalue weighted by atomic mass is 16.2. The molecule has 2 N–H and O–H groups in total. The molecule has 8 nitrogen and oxygen atoms in total. The number of anilines is 1. The normalized spacial score (nSPS) is 29.6. The molecule has 3 amide bonds. The molecule has 2 aliphatic heterocycles. The molecule has 8 heteroatoms. The number of allylic oxidation sites excluding steroid dienone is 2. The molecule has 0 bridgehead atoms. The van der Waals surface area contributed by atoms with Gasteiger partial charge in [-0.15, -0.1) is 0 Å². The van der Waals surface area contributed by atoms with Gasteiger partial charge in [0.2, 0.25) is 5.91 Å². The molecule has 2 aliphatic carbocycles. The number of hydrogen-bond donors (Lipinski definition) is 2. The van der Waals surface area contributed by atoms with Crippen molar-refractivity contribution in [2.75, 3.05) is 25.5 Å². The fourth-order valence-corrected chi connectivity index (χ4v) is 6.46. The van der Waals surface area contributed by atoms with Gasteiger partial charge in [0.25, 0.3) is 0 Å². The van der Waals surface area contributed by atoms with Crippen LogP contribution >= 0.6 is 0 Å². The van der Waals surface area contributed by atoms with E-state index >= 15 is 0 Å². The number of hydrogen-bond acceptors (Lipinski definition) is 5. The molecule has 0 radical (unpaired) electrons. The lowest BCUT2D eigenvalue weighted by atomic mass is 9.69. The number of carbonyl (C=O) groups excluding carboxylic acids is 2. The fourth-order valence-electron chi connectivity index (χ4n) is 6.46. The predicted octanol–water partition coefficient (Wildman–Crippen LogP) is 3.59. The van der Waals surface area contributed by atoms with Gasteiger partial charge in [-0.1, -0.05) is 36.4 Å². The summed E-state index contributed by atoms with van der Waals surface area (Å²) in [6.07, 6.45) is 12.5. The third-order valence-electron chi connectivity index (χ3n) is 8.61. The molecule has 4 aliphatic rings. The molecule has 1 saturated heterocycles. The van der Waals surface area contributed by atoms with E-state index in [-0.39, 0.29) is 28.9 Å². The number of aromatic nitrogens is 2. The Bertz CT molecular complexity index is 1240. The monoisotopic (exact) mass is 484 g/mol. The Morgan fingerprint density at radius 3 is 2.44 bits per heavy atom. The second-order valence-electron chi connectivity index (χ2n) is 10.7. The van der Waals surface area contributed by atoms with E-state index in [9.17, 15) is 9.59 Å². The Balaban J connectivity index is 1.18. The zero-order valence-corrected chi connectivity index (χ0v) is 20.8. The van der Waals surface area contributed by atoms with Crippen LogP contribution in [0.2, 0.25) is 0 Å². The lowest BCUT2D eigenvalue weighted by Crippen LogP contribution is -2.54. The molecule has 6 rings (SSSR count). The molecule has 2 fully saturated rings. The highest BCUT2D eigenvalue weighted by Gasteiger charge is 2.50. The van der Waals surface area contributed by atoms with Crippen LogP contribution in [0.15, 0.2) is 66.1 Å². The molecule has 1 atom stereocenters. The molecule has 1 unspecified atom stereocenters. The van der Waals surface area contributed by atoms with Gasteiger partial charge in [0.15, 0.2) is 0 Å². The predicted molar refractivity (Wildman–Crippen MR) is 137 cm³/mol. The molecule has 1 aromatic carbocycles. The van der Waals surface area contributed by atoms with E-state index in [1.54, 1.807) is 17.3 Å². The molecule has 1 spiro atoms. The van der Waals surface area contributed by atoms with Crippen LogP contribution in [0, 0.1) is 0 Å². The molecule has 2 aromatic rings. The van der Waals surface area contributed by atoms with Crippen molar-refractivity contribution in [2.24, 2.45) is 0 Å². The lowest BCUT2D eigenvalue weighted by Gasteiger charge is -2.48. The number of amides is 3. The Morgan fingerprint density at radius 1 is 1.03 bits per heavy atom. The summed E-state index contributed by atoms with van der Waals surface area (Å²) < 4.78 is 0. The number of rotatable bonds is 4. The van der Waals surface area contributed by atoms with E-state index in [1.165, 1.54) is 5.56 Å². The van der Waals surface area contributed by atoms with Crippen molar-refractivity contribution in [3.8, 4) is 0 Å². The van der Waals surface area contributed by atoms with Crippen molar-refractivity contribution >= 4 is 17.6 Å². The topological polar surface area (TPSA) is 90.5 Å². The van der Waals surface area contributed by atoms with Gasteiger partial charge in [-0.25, -0.2) is 14.8 Å². The average Bonchev–Trinajstić information content (AvgIpc) is 3.43. The first kappa shape index (κ1) is 22.9. The molecular formula is C28H32N6O2. The first-order valence-corrected chi connectivity index (χ1v) is 12.7. The minimum atomic E-state index is -0.242. The van der Waals surface area contributed by atoms with Crippen LogP contribution in [0.4, 0.5) is 10.5 Å².